The minimum atomic E-state index is -0.587. The SMILES string of the molecule is COc1ccc(C(=O)Oc2ccc3c(c2)OC(=Cc2ccc4c(c2)OCO4)C3=O)cc1OC. The van der Waals surface area contributed by atoms with E-state index in [0.29, 0.717) is 34.3 Å². The van der Waals surface area contributed by atoms with Crippen LogP contribution in [0.25, 0.3) is 6.08 Å². The lowest BCUT2D eigenvalue weighted by molar-refractivity contribution is 0.0734. The highest BCUT2D eigenvalue weighted by Crippen LogP contribution is 2.37. The molecular formula is C25H18O8. The molecule has 0 N–H and O–H groups in total. The van der Waals surface area contributed by atoms with Crippen molar-refractivity contribution < 1.29 is 38.0 Å². The van der Waals surface area contributed by atoms with Crippen LogP contribution in [0.5, 0.6) is 34.5 Å². The summed E-state index contributed by atoms with van der Waals surface area (Å²) in [5.74, 6) is 2.03. The minimum absolute atomic E-state index is 0.159. The Morgan fingerprint density at radius 3 is 2.52 bits per heavy atom. The van der Waals surface area contributed by atoms with E-state index >= 15 is 0 Å². The van der Waals surface area contributed by atoms with Gasteiger partial charge < -0.3 is 28.4 Å². The molecule has 0 spiro atoms. The molecule has 0 radical (unpaired) electrons. The van der Waals surface area contributed by atoms with Crippen molar-refractivity contribution in [2.75, 3.05) is 21.0 Å². The second kappa shape index (κ2) is 8.23. The van der Waals surface area contributed by atoms with E-state index in [0.717, 1.165) is 5.56 Å². The standard InChI is InChI=1S/C25H18O8/c1-28-18-8-4-15(11-21(18)29-2)25(27)32-16-5-6-17-20(12-16)33-23(24(17)26)10-14-3-7-19-22(9-14)31-13-30-19/h3-12H,13H2,1-2H3. The van der Waals surface area contributed by atoms with Crippen molar-refractivity contribution in [2.24, 2.45) is 0 Å². The highest BCUT2D eigenvalue weighted by Gasteiger charge is 2.28. The molecule has 33 heavy (non-hydrogen) atoms. The van der Waals surface area contributed by atoms with Gasteiger partial charge in [-0.05, 0) is 54.1 Å². The van der Waals surface area contributed by atoms with Gasteiger partial charge in [0, 0.05) is 6.07 Å². The molecule has 2 heterocycles. The van der Waals surface area contributed by atoms with Crippen molar-refractivity contribution in [3.63, 3.8) is 0 Å². The van der Waals surface area contributed by atoms with E-state index in [1.807, 2.05) is 0 Å². The van der Waals surface area contributed by atoms with Crippen molar-refractivity contribution in [1.82, 2.24) is 0 Å². The van der Waals surface area contributed by atoms with Crippen LogP contribution in [0, 0.1) is 0 Å². The van der Waals surface area contributed by atoms with Gasteiger partial charge in [-0.1, -0.05) is 6.07 Å². The van der Waals surface area contributed by atoms with Crippen LogP contribution in [0.4, 0.5) is 0 Å². The maximum absolute atomic E-state index is 12.7. The number of fused-ring (bicyclic) bond motifs is 2. The Morgan fingerprint density at radius 2 is 1.70 bits per heavy atom. The first kappa shape index (κ1) is 20.4. The summed E-state index contributed by atoms with van der Waals surface area (Å²) in [5, 5.41) is 0. The molecule has 0 bridgehead atoms. The Labute approximate surface area is 188 Å². The molecular weight excluding hydrogens is 428 g/mol. The monoisotopic (exact) mass is 446 g/mol. The van der Waals surface area contributed by atoms with Crippen LogP contribution in [0.3, 0.4) is 0 Å². The summed E-state index contributed by atoms with van der Waals surface area (Å²) in [6, 6.07) is 14.7. The maximum atomic E-state index is 12.7. The number of hydrogen-bond acceptors (Lipinski definition) is 8. The number of hydrogen-bond donors (Lipinski definition) is 0. The van der Waals surface area contributed by atoms with Crippen molar-refractivity contribution in [3.8, 4) is 34.5 Å². The third-order valence-electron chi connectivity index (χ3n) is 5.17. The highest BCUT2D eigenvalue weighted by molar-refractivity contribution is 6.14. The summed E-state index contributed by atoms with van der Waals surface area (Å²) in [6.07, 6.45) is 1.62. The predicted molar refractivity (Wildman–Crippen MR) is 116 cm³/mol. The molecule has 0 unspecified atom stereocenters. The second-order valence-corrected chi connectivity index (χ2v) is 7.17. The Bertz CT molecular complexity index is 1310. The Hall–Kier alpha value is -4.46. The number of Topliss-reactive ketones (excluding diaryl/α,β-unsaturated/α-hetero) is 1. The largest absolute Gasteiger partial charge is 0.493 e. The van der Waals surface area contributed by atoms with E-state index in [2.05, 4.69) is 0 Å². The highest BCUT2D eigenvalue weighted by atomic mass is 16.7. The lowest BCUT2D eigenvalue weighted by atomic mass is 10.1. The van der Waals surface area contributed by atoms with E-state index < -0.39 is 5.97 Å². The summed E-state index contributed by atoms with van der Waals surface area (Å²) >= 11 is 0. The molecule has 0 amide bonds. The van der Waals surface area contributed by atoms with Crippen LogP contribution < -0.4 is 28.4 Å². The van der Waals surface area contributed by atoms with Crippen molar-refractivity contribution in [3.05, 3.63) is 77.0 Å². The molecule has 0 aromatic heterocycles. The van der Waals surface area contributed by atoms with E-state index in [-0.39, 0.29) is 29.6 Å². The molecule has 0 atom stereocenters. The molecule has 0 fully saturated rings. The smallest absolute Gasteiger partial charge is 0.343 e. The van der Waals surface area contributed by atoms with E-state index in [9.17, 15) is 9.59 Å². The molecule has 2 aliphatic rings. The molecule has 3 aromatic rings. The molecule has 0 aliphatic carbocycles. The van der Waals surface area contributed by atoms with Gasteiger partial charge in [-0.2, -0.15) is 0 Å². The summed E-state index contributed by atoms with van der Waals surface area (Å²) in [7, 11) is 2.99. The van der Waals surface area contributed by atoms with Gasteiger partial charge in [0.1, 0.15) is 11.5 Å². The third-order valence-corrected chi connectivity index (χ3v) is 5.17. The molecule has 5 rings (SSSR count). The summed E-state index contributed by atoms with van der Waals surface area (Å²) < 4.78 is 32.3. The molecule has 0 saturated carbocycles. The van der Waals surface area contributed by atoms with Gasteiger partial charge in [0.2, 0.25) is 12.6 Å². The molecule has 8 nitrogen and oxygen atoms in total. The number of benzene rings is 3. The zero-order chi connectivity index (χ0) is 22.9. The van der Waals surface area contributed by atoms with Crippen LogP contribution in [-0.2, 0) is 0 Å². The van der Waals surface area contributed by atoms with Gasteiger partial charge in [-0.15, -0.1) is 0 Å². The minimum Gasteiger partial charge on any atom is -0.493 e. The number of rotatable bonds is 5. The number of allylic oxidation sites excluding steroid dienone is 1. The van der Waals surface area contributed by atoms with Crippen LogP contribution >= 0.6 is 0 Å². The van der Waals surface area contributed by atoms with Crippen LogP contribution in [0.2, 0.25) is 0 Å². The predicted octanol–water partition coefficient (Wildman–Crippen LogP) is 4.27. The summed E-state index contributed by atoms with van der Waals surface area (Å²) in [4.78, 5) is 25.3. The normalized spacial score (nSPS) is 14.6. The fraction of sp³-hybridized carbons (Fsp3) is 0.120. The number of carbonyl (C=O) groups excluding carboxylic acids is 2. The molecule has 3 aromatic carbocycles. The molecule has 0 saturated heterocycles. The van der Waals surface area contributed by atoms with Crippen LogP contribution in [-0.4, -0.2) is 32.8 Å². The Morgan fingerprint density at radius 1 is 0.879 bits per heavy atom. The topological polar surface area (TPSA) is 89.5 Å². The van der Waals surface area contributed by atoms with Gasteiger partial charge in [0.25, 0.3) is 0 Å². The summed E-state index contributed by atoms with van der Waals surface area (Å²) in [6.45, 7) is 0.168. The lowest BCUT2D eigenvalue weighted by Crippen LogP contribution is -2.09. The number of ketones is 1. The van der Waals surface area contributed by atoms with Gasteiger partial charge in [0.15, 0.2) is 28.8 Å². The molecule has 8 heteroatoms. The first-order valence-electron chi connectivity index (χ1n) is 9.98. The number of methoxy groups -OCH3 is 2. The van der Waals surface area contributed by atoms with Gasteiger partial charge in [-0.3, -0.25) is 4.79 Å². The fourth-order valence-electron chi connectivity index (χ4n) is 3.51. The van der Waals surface area contributed by atoms with Gasteiger partial charge >= 0.3 is 5.97 Å². The molecule has 2 aliphatic heterocycles. The zero-order valence-corrected chi connectivity index (χ0v) is 17.7. The van der Waals surface area contributed by atoms with E-state index in [1.54, 1.807) is 48.5 Å². The first-order valence-corrected chi connectivity index (χ1v) is 9.98. The average Bonchev–Trinajstić information content (AvgIpc) is 3.42. The molecule has 166 valence electrons. The first-order chi connectivity index (χ1) is 16.1. The van der Waals surface area contributed by atoms with E-state index in [4.69, 9.17) is 28.4 Å². The Kier molecular flexibility index (Phi) is 5.10. The average molecular weight is 446 g/mol. The quantitative estimate of drug-likeness (QED) is 0.326. The maximum Gasteiger partial charge on any atom is 0.343 e. The van der Waals surface area contributed by atoms with Crippen LogP contribution in [0.1, 0.15) is 26.3 Å². The van der Waals surface area contributed by atoms with Crippen molar-refractivity contribution in [2.45, 2.75) is 0 Å². The third kappa shape index (κ3) is 3.82. The zero-order valence-electron chi connectivity index (χ0n) is 17.7. The van der Waals surface area contributed by atoms with Crippen LogP contribution in [0.15, 0.2) is 60.4 Å². The number of esters is 1. The van der Waals surface area contributed by atoms with E-state index in [1.165, 1.54) is 26.4 Å². The van der Waals surface area contributed by atoms with Crippen molar-refractivity contribution >= 4 is 17.8 Å². The lowest BCUT2D eigenvalue weighted by Gasteiger charge is -2.10. The summed E-state index contributed by atoms with van der Waals surface area (Å²) in [5.41, 5.74) is 1.40. The number of carbonyl (C=O) groups is 2. The fourth-order valence-corrected chi connectivity index (χ4v) is 3.51. The van der Waals surface area contributed by atoms with Gasteiger partial charge in [-0.25, -0.2) is 4.79 Å². The second-order valence-electron chi connectivity index (χ2n) is 7.17. The Balaban J connectivity index is 1.34. The van der Waals surface area contributed by atoms with Crippen molar-refractivity contribution in [1.29, 1.82) is 0 Å². The van der Waals surface area contributed by atoms with Gasteiger partial charge in [0.05, 0.1) is 25.3 Å². The number of ether oxygens (including phenoxy) is 6.